The van der Waals surface area contributed by atoms with E-state index < -0.39 is 6.09 Å². The smallest absolute Gasteiger partial charge is 0.407 e. The minimum atomic E-state index is -0.909. The zero-order valence-corrected chi connectivity index (χ0v) is 14.0. The Morgan fingerprint density at radius 2 is 2.24 bits per heavy atom. The largest absolute Gasteiger partial charge is 0.465 e. The number of aromatic amines is 1. The quantitative estimate of drug-likeness (QED) is 0.761. The fraction of sp³-hybridized carbons (Fsp3) is 0.500. The molecule has 1 atom stereocenters. The minimum absolute atomic E-state index is 0.0369. The van der Waals surface area contributed by atoms with Gasteiger partial charge in [-0.2, -0.15) is 10.1 Å². The second-order valence-corrected chi connectivity index (χ2v) is 6.63. The van der Waals surface area contributed by atoms with Gasteiger partial charge in [0.05, 0.1) is 6.04 Å². The Labute approximate surface area is 145 Å². The van der Waals surface area contributed by atoms with E-state index in [1.807, 2.05) is 11.0 Å². The van der Waals surface area contributed by atoms with Gasteiger partial charge in [0.2, 0.25) is 5.95 Å². The summed E-state index contributed by atoms with van der Waals surface area (Å²) in [4.78, 5) is 23.3. The molecule has 1 saturated heterocycles. The summed E-state index contributed by atoms with van der Waals surface area (Å²) < 4.78 is 0. The van der Waals surface area contributed by atoms with E-state index in [-0.39, 0.29) is 6.04 Å². The number of nitrogens with zero attached hydrogens (tertiary/aromatic N) is 5. The number of likely N-dealkylation sites (N-methyl/N-ethyl adjacent to an activating group) is 1. The van der Waals surface area contributed by atoms with Gasteiger partial charge in [0.15, 0.2) is 5.82 Å². The SMILES string of the molecule is CN(C(=O)O)[C@@H]1CCN(c2nccc(Nc3cc(C4CC4)[nH]n3)n2)C1. The van der Waals surface area contributed by atoms with E-state index in [4.69, 9.17) is 5.11 Å². The molecular formula is C16H21N7O2. The summed E-state index contributed by atoms with van der Waals surface area (Å²) in [6.07, 6.45) is 4.01. The summed E-state index contributed by atoms with van der Waals surface area (Å²) in [5.41, 5.74) is 1.16. The number of amides is 1. The van der Waals surface area contributed by atoms with Crippen LogP contribution in [0.3, 0.4) is 0 Å². The zero-order valence-electron chi connectivity index (χ0n) is 14.0. The van der Waals surface area contributed by atoms with Crippen molar-refractivity contribution in [1.82, 2.24) is 25.1 Å². The number of nitrogens with one attached hydrogen (secondary N) is 2. The summed E-state index contributed by atoms with van der Waals surface area (Å²) in [6.45, 7) is 1.33. The van der Waals surface area contributed by atoms with E-state index in [1.54, 1.807) is 19.3 Å². The third-order valence-electron chi connectivity index (χ3n) is 4.81. The first-order valence-corrected chi connectivity index (χ1v) is 8.46. The molecule has 1 amide bonds. The number of hydrogen-bond acceptors (Lipinski definition) is 6. The topological polar surface area (TPSA) is 110 Å². The Bertz CT molecular complexity index is 773. The third kappa shape index (κ3) is 3.35. The summed E-state index contributed by atoms with van der Waals surface area (Å²) in [6, 6.07) is 3.78. The third-order valence-corrected chi connectivity index (χ3v) is 4.81. The van der Waals surface area contributed by atoms with Gasteiger partial charge in [-0.25, -0.2) is 9.78 Å². The van der Waals surface area contributed by atoms with Crippen molar-refractivity contribution in [2.45, 2.75) is 31.2 Å². The lowest BCUT2D eigenvalue weighted by Gasteiger charge is -2.22. The van der Waals surface area contributed by atoms with Gasteiger partial charge in [0, 0.05) is 44.0 Å². The van der Waals surface area contributed by atoms with E-state index in [9.17, 15) is 4.79 Å². The fourth-order valence-corrected chi connectivity index (χ4v) is 3.10. The lowest BCUT2D eigenvalue weighted by molar-refractivity contribution is 0.142. The van der Waals surface area contributed by atoms with Crippen molar-refractivity contribution >= 4 is 23.7 Å². The number of carboxylic acid groups (broad SMARTS) is 1. The molecule has 3 heterocycles. The molecule has 9 nitrogen and oxygen atoms in total. The predicted molar refractivity (Wildman–Crippen MR) is 92.3 cm³/mol. The van der Waals surface area contributed by atoms with Crippen LogP contribution in [0.5, 0.6) is 0 Å². The molecule has 132 valence electrons. The molecule has 1 aliphatic carbocycles. The van der Waals surface area contributed by atoms with E-state index in [0.717, 1.165) is 24.5 Å². The molecule has 0 bridgehead atoms. The molecule has 25 heavy (non-hydrogen) atoms. The van der Waals surface area contributed by atoms with Crippen LogP contribution in [-0.2, 0) is 0 Å². The van der Waals surface area contributed by atoms with Crippen LogP contribution in [0, 0.1) is 0 Å². The van der Waals surface area contributed by atoms with Gasteiger partial charge >= 0.3 is 6.09 Å². The monoisotopic (exact) mass is 343 g/mol. The highest BCUT2D eigenvalue weighted by atomic mass is 16.4. The normalized spacial score (nSPS) is 19.9. The average Bonchev–Trinajstić information content (AvgIpc) is 3.16. The number of aromatic nitrogens is 4. The number of hydrogen-bond donors (Lipinski definition) is 3. The van der Waals surface area contributed by atoms with Crippen molar-refractivity contribution in [3.8, 4) is 0 Å². The Kier molecular flexibility index (Phi) is 3.90. The van der Waals surface area contributed by atoms with Crippen molar-refractivity contribution < 1.29 is 9.90 Å². The van der Waals surface area contributed by atoms with Crippen LogP contribution in [0.15, 0.2) is 18.3 Å². The highest BCUT2D eigenvalue weighted by Crippen LogP contribution is 2.39. The van der Waals surface area contributed by atoms with Crippen LogP contribution >= 0.6 is 0 Å². The number of carbonyl (C=O) groups is 1. The molecule has 1 saturated carbocycles. The van der Waals surface area contributed by atoms with Crippen LogP contribution < -0.4 is 10.2 Å². The second-order valence-electron chi connectivity index (χ2n) is 6.63. The molecule has 1 aliphatic heterocycles. The van der Waals surface area contributed by atoms with Gasteiger partial charge in [-0.15, -0.1) is 0 Å². The van der Waals surface area contributed by atoms with Crippen molar-refractivity contribution in [2.75, 3.05) is 30.4 Å². The maximum absolute atomic E-state index is 11.1. The molecule has 2 aromatic heterocycles. The Balaban J connectivity index is 1.43. The zero-order chi connectivity index (χ0) is 17.4. The van der Waals surface area contributed by atoms with Crippen molar-refractivity contribution in [3.63, 3.8) is 0 Å². The average molecular weight is 343 g/mol. The van der Waals surface area contributed by atoms with Gasteiger partial charge in [0.25, 0.3) is 0 Å². The van der Waals surface area contributed by atoms with Gasteiger partial charge in [0.1, 0.15) is 5.82 Å². The van der Waals surface area contributed by atoms with Gasteiger partial charge < -0.3 is 20.2 Å². The lowest BCUT2D eigenvalue weighted by Crippen LogP contribution is -2.38. The van der Waals surface area contributed by atoms with Crippen molar-refractivity contribution in [1.29, 1.82) is 0 Å². The molecule has 2 fully saturated rings. The first kappa shape index (κ1) is 15.7. The molecule has 4 rings (SSSR count). The summed E-state index contributed by atoms with van der Waals surface area (Å²) >= 11 is 0. The molecule has 3 N–H and O–H groups in total. The van der Waals surface area contributed by atoms with Crippen LogP contribution in [0.4, 0.5) is 22.4 Å². The Morgan fingerprint density at radius 1 is 1.40 bits per heavy atom. The number of H-pyrrole nitrogens is 1. The van der Waals surface area contributed by atoms with E-state index >= 15 is 0 Å². The molecule has 0 spiro atoms. The Morgan fingerprint density at radius 3 is 3.00 bits per heavy atom. The maximum atomic E-state index is 11.1. The van der Waals surface area contributed by atoms with Crippen LogP contribution in [0.25, 0.3) is 0 Å². The highest BCUT2D eigenvalue weighted by Gasteiger charge is 2.29. The molecular weight excluding hydrogens is 322 g/mol. The Hall–Kier alpha value is -2.84. The van der Waals surface area contributed by atoms with Crippen molar-refractivity contribution in [3.05, 3.63) is 24.0 Å². The minimum Gasteiger partial charge on any atom is -0.465 e. The molecule has 2 aliphatic rings. The second kappa shape index (κ2) is 6.23. The van der Waals surface area contributed by atoms with E-state index in [0.29, 0.717) is 24.2 Å². The predicted octanol–water partition coefficient (Wildman–Crippen LogP) is 2.01. The molecule has 2 aromatic rings. The molecule has 0 unspecified atom stereocenters. The van der Waals surface area contributed by atoms with E-state index in [2.05, 4.69) is 25.5 Å². The summed E-state index contributed by atoms with van der Waals surface area (Å²) in [5.74, 6) is 2.64. The van der Waals surface area contributed by atoms with Crippen molar-refractivity contribution in [2.24, 2.45) is 0 Å². The first-order chi connectivity index (χ1) is 12.1. The van der Waals surface area contributed by atoms with Crippen LogP contribution in [0.2, 0.25) is 0 Å². The maximum Gasteiger partial charge on any atom is 0.407 e. The van der Waals surface area contributed by atoms with E-state index in [1.165, 1.54) is 17.7 Å². The van der Waals surface area contributed by atoms with Gasteiger partial charge in [-0.05, 0) is 25.3 Å². The first-order valence-electron chi connectivity index (χ1n) is 8.46. The summed E-state index contributed by atoms with van der Waals surface area (Å²) in [7, 11) is 1.60. The standard InChI is InChI=1S/C16H21N7O2/c1-22(16(24)25)11-5-7-23(9-11)15-17-6-4-13(19-15)18-14-8-12(20-21-14)10-2-3-10/h4,6,8,10-11H,2-3,5,7,9H2,1H3,(H,24,25)(H2,17,18,19,20,21)/t11-/m1/s1. The fourth-order valence-electron chi connectivity index (χ4n) is 3.10. The number of anilines is 3. The van der Waals surface area contributed by atoms with Crippen LogP contribution in [-0.4, -0.2) is 62.4 Å². The van der Waals surface area contributed by atoms with Crippen LogP contribution in [0.1, 0.15) is 30.9 Å². The molecule has 0 radical (unpaired) electrons. The summed E-state index contributed by atoms with van der Waals surface area (Å²) in [5, 5.41) is 19.6. The number of rotatable bonds is 5. The van der Waals surface area contributed by atoms with Gasteiger partial charge in [-0.1, -0.05) is 0 Å². The molecule has 0 aromatic carbocycles. The molecule has 9 heteroatoms. The van der Waals surface area contributed by atoms with Gasteiger partial charge in [-0.3, -0.25) is 5.10 Å². The highest BCUT2D eigenvalue weighted by molar-refractivity contribution is 5.65. The lowest BCUT2D eigenvalue weighted by atomic mass is 10.2.